The lowest BCUT2D eigenvalue weighted by molar-refractivity contribution is -0.144. The summed E-state index contributed by atoms with van der Waals surface area (Å²) in [6.07, 6.45) is 3.34. The second-order valence-corrected chi connectivity index (χ2v) is 10.2. The number of aliphatic carboxylic acids is 1. The third-order valence-corrected chi connectivity index (χ3v) is 7.79. The predicted octanol–water partition coefficient (Wildman–Crippen LogP) is 3.56. The molecule has 0 aliphatic carbocycles. The molecule has 1 saturated heterocycles. The number of fused-ring (bicyclic) bond motifs is 3. The number of phenols is 1. The Kier molecular flexibility index (Phi) is 6.51. The molecule has 4 N–H and O–H groups in total. The van der Waals surface area contributed by atoms with E-state index in [0.29, 0.717) is 35.3 Å². The molecule has 202 valence electrons. The number of carboxylic acids is 1. The number of para-hydroxylation sites is 1. The molecule has 0 amide bonds. The normalized spacial score (nSPS) is 18.6. The van der Waals surface area contributed by atoms with Crippen molar-refractivity contribution in [1.29, 1.82) is 0 Å². The quantitative estimate of drug-likeness (QED) is 0.292. The minimum Gasteiger partial charge on any atom is -0.507 e. The highest BCUT2D eigenvalue weighted by Crippen LogP contribution is 2.39. The molecule has 11 nitrogen and oxygen atoms in total. The van der Waals surface area contributed by atoms with Crippen LogP contribution >= 0.6 is 0 Å². The van der Waals surface area contributed by atoms with Crippen molar-refractivity contribution in [1.82, 2.24) is 30.5 Å². The van der Waals surface area contributed by atoms with Crippen molar-refractivity contribution in [2.75, 3.05) is 24.5 Å². The van der Waals surface area contributed by atoms with Crippen LogP contribution in [0.25, 0.3) is 22.3 Å². The number of hydrogen-bond donors (Lipinski definition) is 4. The minimum atomic E-state index is -1.04. The van der Waals surface area contributed by atoms with Crippen LogP contribution in [0, 0.1) is 0 Å². The molecule has 4 aromatic rings. The first-order chi connectivity index (χ1) is 18.9. The van der Waals surface area contributed by atoms with Gasteiger partial charge >= 0.3 is 5.97 Å². The Morgan fingerprint density at radius 1 is 1.21 bits per heavy atom. The zero-order chi connectivity index (χ0) is 27.1. The Bertz CT molecular complexity index is 1530. The van der Waals surface area contributed by atoms with Crippen molar-refractivity contribution < 1.29 is 19.7 Å². The lowest BCUT2D eigenvalue weighted by atomic mass is 9.92. The summed E-state index contributed by atoms with van der Waals surface area (Å²) >= 11 is 0. The Morgan fingerprint density at radius 2 is 2.00 bits per heavy atom. The van der Waals surface area contributed by atoms with Crippen molar-refractivity contribution in [3.8, 4) is 22.9 Å². The number of benzene rings is 1. The number of nitrogens with one attached hydrogen (secondary N) is 2. The predicted molar refractivity (Wildman–Crippen MR) is 145 cm³/mol. The number of anilines is 1. The Morgan fingerprint density at radius 3 is 2.77 bits per heavy atom. The van der Waals surface area contributed by atoms with Gasteiger partial charge < -0.3 is 30.2 Å². The van der Waals surface area contributed by atoms with Gasteiger partial charge in [-0.2, -0.15) is 4.98 Å². The maximum absolute atomic E-state index is 11.6. The van der Waals surface area contributed by atoms with Crippen LogP contribution < -0.4 is 15.0 Å². The highest BCUT2D eigenvalue weighted by Gasteiger charge is 2.32. The summed E-state index contributed by atoms with van der Waals surface area (Å²) in [6, 6.07) is 8.93. The van der Waals surface area contributed by atoms with E-state index in [1.54, 1.807) is 18.3 Å². The number of H-pyrrole nitrogens is 1. The van der Waals surface area contributed by atoms with E-state index >= 15 is 0 Å². The third-order valence-electron chi connectivity index (χ3n) is 7.79. The molecule has 0 radical (unpaired) electrons. The topological polar surface area (TPSA) is 149 Å². The van der Waals surface area contributed by atoms with E-state index in [4.69, 9.17) is 14.7 Å². The van der Waals surface area contributed by atoms with Gasteiger partial charge in [0.2, 0.25) is 11.8 Å². The van der Waals surface area contributed by atoms with E-state index < -0.39 is 12.1 Å². The molecule has 0 saturated carbocycles. The largest absolute Gasteiger partial charge is 0.507 e. The van der Waals surface area contributed by atoms with Crippen LogP contribution in [-0.2, 0) is 11.2 Å². The maximum Gasteiger partial charge on any atom is 0.344 e. The van der Waals surface area contributed by atoms with Gasteiger partial charge in [0.25, 0.3) is 0 Å². The fourth-order valence-corrected chi connectivity index (χ4v) is 5.64. The summed E-state index contributed by atoms with van der Waals surface area (Å²) < 4.78 is 5.88. The minimum absolute atomic E-state index is 0.0987. The number of nitrogens with zero attached hydrogens (tertiary/aromatic N) is 5. The Balaban J connectivity index is 1.37. The molecule has 2 atom stereocenters. The standard InChI is InChI=1S/C28H31N7O4/c1-15-24-19-13-22(18-5-3-4-6-23(18)36)33-34-25(19)31-21(24)9-12-35(15)28-30-14-20(17-7-10-29-11-8-17)26(32-28)39-16(2)27(37)38/h3-6,13-17,29,36H,7-12H2,1-2H3,(H,31,34)(H,37,38)/t15-,16-/m1/s1. The lowest BCUT2D eigenvalue weighted by Gasteiger charge is -2.34. The molecular weight excluding hydrogens is 498 g/mol. The number of rotatable bonds is 6. The van der Waals surface area contributed by atoms with E-state index in [9.17, 15) is 15.0 Å². The summed E-state index contributed by atoms with van der Waals surface area (Å²) in [7, 11) is 0. The highest BCUT2D eigenvalue weighted by molar-refractivity contribution is 5.86. The second kappa shape index (κ2) is 10.1. The molecular formula is C28H31N7O4. The monoisotopic (exact) mass is 529 g/mol. The van der Waals surface area contributed by atoms with Crippen LogP contribution in [-0.4, -0.2) is 67.1 Å². The van der Waals surface area contributed by atoms with Gasteiger partial charge in [-0.1, -0.05) is 12.1 Å². The van der Waals surface area contributed by atoms with Crippen LogP contribution in [0.5, 0.6) is 11.6 Å². The van der Waals surface area contributed by atoms with Crippen LogP contribution in [0.1, 0.15) is 55.5 Å². The first-order valence-electron chi connectivity index (χ1n) is 13.3. The maximum atomic E-state index is 11.6. The van der Waals surface area contributed by atoms with Crippen molar-refractivity contribution in [2.24, 2.45) is 0 Å². The molecule has 5 heterocycles. The summed E-state index contributed by atoms with van der Waals surface area (Å²) in [5.41, 5.74) is 4.92. The van der Waals surface area contributed by atoms with E-state index in [1.807, 2.05) is 18.2 Å². The van der Waals surface area contributed by atoms with Gasteiger partial charge in [-0.05, 0) is 63.9 Å². The number of carbonyl (C=O) groups is 1. The molecule has 0 unspecified atom stereocenters. The number of hydrogen-bond acceptors (Lipinski definition) is 9. The molecule has 11 heteroatoms. The number of aromatic hydroxyl groups is 1. The van der Waals surface area contributed by atoms with E-state index in [2.05, 4.69) is 32.3 Å². The average molecular weight is 530 g/mol. The summed E-state index contributed by atoms with van der Waals surface area (Å²) in [6.45, 7) is 6.05. The summed E-state index contributed by atoms with van der Waals surface area (Å²) in [5, 5.41) is 32.9. The van der Waals surface area contributed by atoms with Crippen LogP contribution in [0.3, 0.4) is 0 Å². The van der Waals surface area contributed by atoms with E-state index in [1.165, 1.54) is 6.92 Å². The molecule has 2 aliphatic heterocycles. The fourth-order valence-electron chi connectivity index (χ4n) is 5.64. The van der Waals surface area contributed by atoms with Crippen LogP contribution in [0.15, 0.2) is 36.5 Å². The van der Waals surface area contributed by atoms with Crippen LogP contribution in [0.2, 0.25) is 0 Å². The summed E-state index contributed by atoms with van der Waals surface area (Å²) in [4.78, 5) is 26.7. The number of aromatic amines is 1. The number of phenolic OH excluding ortho intramolecular Hbond substituents is 1. The number of carboxylic acid groups (broad SMARTS) is 1. The zero-order valence-corrected chi connectivity index (χ0v) is 21.9. The van der Waals surface area contributed by atoms with Crippen molar-refractivity contribution >= 4 is 23.0 Å². The molecule has 0 bridgehead atoms. The van der Waals surface area contributed by atoms with Gasteiger partial charge in [-0.15, -0.1) is 10.2 Å². The number of aromatic nitrogens is 5. The first kappa shape index (κ1) is 25.1. The van der Waals surface area contributed by atoms with Gasteiger partial charge in [0.15, 0.2) is 11.8 Å². The van der Waals surface area contributed by atoms with E-state index in [0.717, 1.165) is 54.6 Å². The molecule has 1 aromatic carbocycles. The molecule has 39 heavy (non-hydrogen) atoms. The average Bonchev–Trinajstić information content (AvgIpc) is 3.32. The van der Waals surface area contributed by atoms with Gasteiger partial charge in [-0.3, -0.25) is 0 Å². The van der Waals surface area contributed by atoms with Crippen molar-refractivity contribution in [3.63, 3.8) is 0 Å². The second-order valence-electron chi connectivity index (χ2n) is 10.2. The molecule has 0 spiro atoms. The third kappa shape index (κ3) is 4.63. The van der Waals surface area contributed by atoms with E-state index in [-0.39, 0.29) is 17.7 Å². The highest BCUT2D eigenvalue weighted by atomic mass is 16.5. The molecule has 2 aliphatic rings. The van der Waals surface area contributed by atoms with Crippen molar-refractivity contribution in [2.45, 2.75) is 51.2 Å². The number of piperidine rings is 1. The van der Waals surface area contributed by atoms with Gasteiger partial charge in [0, 0.05) is 46.9 Å². The summed E-state index contributed by atoms with van der Waals surface area (Å²) in [5.74, 6) is 0.155. The van der Waals surface area contributed by atoms with Gasteiger partial charge in [0.05, 0.1) is 11.7 Å². The molecule has 3 aromatic heterocycles. The zero-order valence-electron chi connectivity index (χ0n) is 21.9. The molecule has 6 rings (SSSR count). The number of ether oxygens (including phenoxy) is 1. The Labute approximate surface area is 225 Å². The SMILES string of the molecule is C[C@@H]1c2c([nH]c3nnc(-c4ccccc4O)cc23)CCN1c1ncc(C2CCNCC2)c(O[C@H](C)C(=O)O)n1. The fraction of sp³-hybridized carbons (Fsp3) is 0.393. The Hall–Kier alpha value is -4.25. The lowest BCUT2D eigenvalue weighted by Crippen LogP contribution is -2.35. The first-order valence-corrected chi connectivity index (χ1v) is 13.3. The van der Waals surface area contributed by atoms with Gasteiger partial charge in [0.1, 0.15) is 5.75 Å². The molecule has 1 fully saturated rings. The van der Waals surface area contributed by atoms with Crippen LogP contribution in [0.4, 0.5) is 5.95 Å². The van der Waals surface area contributed by atoms with Crippen molar-refractivity contribution in [3.05, 3.63) is 53.3 Å². The smallest absolute Gasteiger partial charge is 0.344 e. The van der Waals surface area contributed by atoms with Gasteiger partial charge in [-0.25, -0.2) is 9.78 Å².